The zero-order valence-electron chi connectivity index (χ0n) is 9.73. The molecule has 0 saturated carbocycles. The fraction of sp³-hybridized carbons (Fsp3) is 0.800. The van der Waals surface area contributed by atoms with Crippen molar-refractivity contribution in [2.24, 2.45) is 0 Å². The lowest BCUT2D eigenvalue weighted by atomic mass is 10.5. The Morgan fingerprint density at radius 1 is 1.08 bits per heavy atom. The van der Waals surface area contributed by atoms with Crippen LogP contribution in [0.15, 0.2) is 0 Å². The van der Waals surface area contributed by atoms with Gasteiger partial charge in [0.05, 0.1) is 0 Å². The molecule has 0 aliphatic heterocycles. The molecule has 0 radical (unpaired) electrons. The van der Waals surface area contributed by atoms with E-state index in [0.29, 0.717) is 0 Å². The van der Waals surface area contributed by atoms with E-state index in [1.54, 1.807) is 0 Å². The third-order valence-corrected chi connectivity index (χ3v) is 0.624. The van der Waals surface area contributed by atoms with E-state index in [-0.39, 0.29) is 11.7 Å². The molecule has 1 N–H and O–H groups in total. The van der Waals surface area contributed by atoms with E-state index in [1.807, 2.05) is 20.8 Å². The molecule has 3 heteroatoms. The van der Waals surface area contributed by atoms with Gasteiger partial charge in [-0.15, -0.1) is 0 Å². The van der Waals surface area contributed by atoms with Gasteiger partial charge in [0.15, 0.2) is 0 Å². The molecule has 0 aliphatic rings. The summed E-state index contributed by atoms with van der Waals surface area (Å²) in [6.45, 7) is 11.4. The van der Waals surface area contributed by atoms with Gasteiger partial charge in [-0.3, -0.25) is 4.79 Å². The maximum absolute atomic E-state index is 10.1. The van der Waals surface area contributed by atoms with Crippen molar-refractivity contribution in [2.75, 3.05) is 6.54 Å². The third kappa shape index (κ3) is 94.4. The van der Waals surface area contributed by atoms with E-state index in [0.717, 1.165) is 13.0 Å². The summed E-state index contributed by atoms with van der Waals surface area (Å²) in [4.78, 5) is 19.5. The quantitative estimate of drug-likeness (QED) is 0.723. The van der Waals surface area contributed by atoms with Gasteiger partial charge in [0, 0.05) is 13.5 Å². The number of carbonyl (C=O) groups is 2. The van der Waals surface area contributed by atoms with Crippen LogP contribution >= 0.6 is 0 Å². The number of carbonyl (C=O) groups excluding carboxylic acids is 2. The first kappa shape index (κ1) is 18.0. The second kappa shape index (κ2) is 17.3. The lowest BCUT2D eigenvalue weighted by molar-refractivity contribution is -0.119. The van der Waals surface area contributed by atoms with Crippen molar-refractivity contribution in [3.63, 3.8) is 0 Å². The smallest absolute Gasteiger partial charge is 0.216 e. The second-order valence-electron chi connectivity index (χ2n) is 2.39. The van der Waals surface area contributed by atoms with Crippen LogP contribution in [0.25, 0.3) is 0 Å². The molecular formula is C10H23NO2. The average molecular weight is 189 g/mol. The standard InChI is InChI=1S/C5H11NO.C3H6O.C2H6/c1-3-4-6-5(2)7;1-3(2)4;1-2/h3-4H2,1-2H3,(H,6,7);1-2H3;1-2H3. The molecule has 80 valence electrons. The van der Waals surface area contributed by atoms with Crippen LogP contribution in [0.2, 0.25) is 0 Å². The van der Waals surface area contributed by atoms with E-state index in [2.05, 4.69) is 5.32 Å². The first-order chi connectivity index (χ1) is 6.00. The average Bonchev–Trinajstić information content (AvgIpc) is 2.03. The molecule has 1 amide bonds. The predicted octanol–water partition coefficient (Wildman–Crippen LogP) is 2.15. The van der Waals surface area contributed by atoms with Gasteiger partial charge in [0.25, 0.3) is 0 Å². The SMILES string of the molecule is CC.CC(C)=O.CCCNC(C)=O. The minimum atomic E-state index is 0.0573. The summed E-state index contributed by atoms with van der Waals surface area (Å²) in [5, 5.41) is 2.66. The molecular weight excluding hydrogens is 166 g/mol. The summed E-state index contributed by atoms with van der Waals surface area (Å²) >= 11 is 0. The minimum absolute atomic E-state index is 0.0573. The highest BCUT2D eigenvalue weighted by Gasteiger charge is 1.83. The number of amides is 1. The monoisotopic (exact) mass is 189 g/mol. The Morgan fingerprint density at radius 2 is 1.38 bits per heavy atom. The van der Waals surface area contributed by atoms with Gasteiger partial charge >= 0.3 is 0 Å². The number of ketones is 1. The Hall–Kier alpha value is -0.860. The lowest BCUT2D eigenvalue weighted by Crippen LogP contribution is -2.19. The van der Waals surface area contributed by atoms with Crippen LogP contribution < -0.4 is 5.32 Å². The first-order valence-corrected chi connectivity index (χ1v) is 4.72. The molecule has 0 bridgehead atoms. The highest BCUT2D eigenvalue weighted by molar-refractivity contribution is 5.72. The molecule has 0 spiro atoms. The summed E-state index contributed by atoms with van der Waals surface area (Å²) in [5.74, 6) is 0.224. The zero-order valence-corrected chi connectivity index (χ0v) is 9.73. The maximum Gasteiger partial charge on any atom is 0.216 e. The Bertz CT molecular complexity index is 118. The highest BCUT2D eigenvalue weighted by atomic mass is 16.1. The van der Waals surface area contributed by atoms with Crippen LogP contribution in [0, 0.1) is 0 Å². The Morgan fingerprint density at radius 3 is 1.46 bits per heavy atom. The van der Waals surface area contributed by atoms with Crippen LogP contribution in [-0.4, -0.2) is 18.2 Å². The molecule has 3 nitrogen and oxygen atoms in total. The van der Waals surface area contributed by atoms with Crippen LogP contribution in [0.5, 0.6) is 0 Å². The van der Waals surface area contributed by atoms with Gasteiger partial charge in [-0.25, -0.2) is 0 Å². The topological polar surface area (TPSA) is 46.2 Å². The van der Waals surface area contributed by atoms with E-state index in [1.165, 1.54) is 20.8 Å². The fourth-order valence-corrected chi connectivity index (χ4v) is 0.301. The molecule has 0 rings (SSSR count). The third-order valence-electron chi connectivity index (χ3n) is 0.624. The van der Waals surface area contributed by atoms with Crippen LogP contribution in [0.1, 0.15) is 48.0 Å². The Balaban J connectivity index is -0.000000142. The molecule has 13 heavy (non-hydrogen) atoms. The van der Waals surface area contributed by atoms with Gasteiger partial charge in [0.2, 0.25) is 5.91 Å². The summed E-state index contributed by atoms with van der Waals surface area (Å²) < 4.78 is 0. The molecule has 0 unspecified atom stereocenters. The van der Waals surface area contributed by atoms with Crippen molar-refractivity contribution in [3.8, 4) is 0 Å². The van der Waals surface area contributed by atoms with Crippen LogP contribution in [0.4, 0.5) is 0 Å². The van der Waals surface area contributed by atoms with E-state index in [4.69, 9.17) is 0 Å². The van der Waals surface area contributed by atoms with Crippen molar-refractivity contribution in [1.82, 2.24) is 5.32 Å². The zero-order chi connectivity index (χ0) is 11.3. The fourth-order valence-electron chi connectivity index (χ4n) is 0.301. The van der Waals surface area contributed by atoms with Gasteiger partial charge < -0.3 is 10.1 Å². The van der Waals surface area contributed by atoms with Crippen LogP contribution in [0.3, 0.4) is 0 Å². The number of nitrogens with one attached hydrogen (secondary N) is 1. The van der Waals surface area contributed by atoms with Crippen molar-refractivity contribution < 1.29 is 9.59 Å². The van der Waals surface area contributed by atoms with Crippen molar-refractivity contribution >= 4 is 11.7 Å². The second-order valence-corrected chi connectivity index (χ2v) is 2.39. The van der Waals surface area contributed by atoms with E-state index < -0.39 is 0 Å². The molecule has 0 aromatic rings. The number of rotatable bonds is 2. The number of hydrogen-bond donors (Lipinski definition) is 1. The highest BCUT2D eigenvalue weighted by Crippen LogP contribution is 1.67. The Labute approximate surface area is 81.9 Å². The van der Waals surface area contributed by atoms with Crippen molar-refractivity contribution in [2.45, 2.75) is 48.0 Å². The molecule has 0 aromatic carbocycles. The maximum atomic E-state index is 10.1. The van der Waals surface area contributed by atoms with E-state index in [9.17, 15) is 9.59 Å². The van der Waals surface area contributed by atoms with E-state index >= 15 is 0 Å². The van der Waals surface area contributed by atoms with Gasteiger partial charge in [-0.2, -0.15) is 0 Å². The van der Waals surface area contributed by atoms with Gasteiger partial charge in [-0.05, 0) is 20.3 Å². The molecule has 0 aliphatic carbocycles. The first-order valence-electron chi connectivity index (χ1n) is 4.72. The normalized spacial score (nSPS) is 6.92. The number of Topliss-reactive ketones (excluding diaryl/α,β-unsaturated/α-hetero) is 1. The van der Waals surface area contributed by atoms with Gasteiger partial charge in [0.1, 0.15) is 5.78 Å². The van der Waals surface area contributed by atoms with Crippen molar-refractivity contribution in [1.29, 1.82) is 0 Å². The van der Waals surface area contributed by atoms with Crippen molar-refractivity contribution in [3.05, 3.63) is 0 Å². The lowest BCUT2D eigenvalue weighted by Gasteiger charge is -1.93. The molecule has 0 fully saturated rings. The molecule has 0 atom stereocenters. The number of hydrogen-bond acceptors (Lipinski definition) is 2. The van der Waals surface area contributed by atoms with Gasteiger partial charge in [-0.1, -0.05) is 20.8 Å². The Kier molecular flexibility index (Phi) is 24.0. The predicted molar refractivity (Wildman–Crippen MR) is 56.7 cm³/mol. The summed E-state index contributed by atoms with van der Waals surface area (Å²) in [6, 6.07) is 0. The molecule has 0 aromatic heterocycles. The molecule has 0 heterocycles. The summed E-state index contributed by atoms with van der Waals surface area (Å²) in [5.41, 5.74) is 0. The summed E-state index contributed by atoms with van der Waals surface area (Å²) in [7, 11) is 0. The largest absolute Gasteiger partial charge is 0.356 e. The summed E-state index contributed by atoms with van der Waals surface area (Å²) in [6.07, 6.45) is 1.01. The molecule has 0 saturated heterocycles. The van der Waals surface area contributed by atoms with Crippen LogP contribution in [-0.2, 0) is 9.59 Å². The minimum Gasteiger partial charge on any atom is -0.356 e.